The van der Waals surface area contributed by atoms with Crippen LogP contribution in [0.1, 0.15) is 90.9 Å². The molecular weight excluding hydrogens is 368 g/mol. The zero-order chi connectivity index (χ0) is 21.7. The zero-order valence-electron chi connectivity index (χ0n) is 18.6. The summed E-state index contributed by atoms with van der Waals surface area (Å²) < 4.78 is 4.94. The summed E-state index contributed by atoms with van der Waals surface area (Å²) >= 11 is 0. The van der Waals surface area contributed by atoms with E-state index >= 15 is 0 Å². The highest BCUT2D eigenvalue weighted by Crippen LogP contribution is 2.19. The highest BCUT2D eigenvalue weighted by atomic mass is 16.5. The summed E-state index contributed by atoms with van der Waals surface area (Å²) in [5, 5.41) is 28.0. The highest BCUT2D eigenvalue weighted by Gasteiger charge is 2.11. The Kier molecular flexibility index (Phi) is 19.3. The van der Waals surface area contributed by atoms with Crippen molar-refractivity contribution in [2.45, 2.75) is 103 Å². The van der Waals surface area contributed by atoms with Gasteiger partial charge in [-0.15, -0.1) is 0 Å². The number of ether oxygens (including phenoxy) is 1. The molecule has 170 valence electrons. The van der Waals surface area contributed by atoms with Gasteiger partial charge in [0.25, 0.3) is 0 Å². The van der Waals surface area contributed by atoms with Gasteiger partial charge in [-0.2, -0.15) is 0 Å². The average Bonchev–Trinajstić information content (AvgIpc) is 2.70. The van der Waals surface area contributed by atoms with E-state index in [2.05, 4.69) is 31.2 Å². The van der Waals surface area contributed by atoms with Crippen LogP contribution in [0.3, 0.4) is 0 Å². The Morgan fingerprint density at radius 2 is 1.76 bits per heavy atom. The lowest BCUT2D eigenvalue weighted by Gasteiger charge is -2.16. The van der Waals surface area contributed by atoms with Crippen LogP contribution in [-0.2, 0) is 9.53 Å². The second-order valence-electron chi connectivity index (χ2n) is 7.95. The van der Waals surface area contributed by atoms with Gasteiger partial charge in [0.05, 0.1) is 18.8 Å². The molecule has 0 aliphatic carbocycles. The fourth-order valence-corrected chi connectivity index (χ4v) is 3.11. The van der Waals surface area contributed by atoms with E-state index in [4.69, 9.17) is 14.9 Å². The van der Waals surface area contributed by atoms with Crippen molar-refractivity contribution in [2.75, 3.05) is 13.2 Å². The molecule has 0 spiro atoms. The van der Waals surface area contributed by atoms with Crippen LogP contribution in [0.4, 0.5) is 0 Å². The summed E-state index contributed by atoms with van der Waals surface area (Å²) in [6.45, 7) is 3.67. The lowest BCUT2D eigenvalue weighted by Crippen LogP contribution is -2.16. The Balaban J connectivity index is 4.02. The molecule has 3 N–H and O–H groups in total. The third-order valence-corrected chi connectivity index (χ3v) is 4.80. The largest absolute Gasteiger partial charge is 0.463 e. The van der Waals surface area contributed by atoms with Gasteiger partial charge in [0, 0.05) is 6.42 Å². The molecule has 29 heavy (non-hydrogen) atoms. The first-order valence-electron chi connectivity index (χ1n) is 11.4. The van der Waals surface area contributed by atoms with Crippen molar-refractivity contribution < 1.29 is 24.9 Å². The molecule has 0 aromatic heterocycles. The van der Waals surface area contributed by atoms with Crippen molar-refractivity contribution in [1.29, 1.82) is 0 Å². The first-order chi connectivity index (χ1) is 14.0. The van der Waals surface area contributed by atoms with Gasteiger partial charge >= 0.3 is 5.97 Å². The van der Waals surface area contributed by atoms with Crippen molar-refractivity contribution in [3.63, 3.8) is 0 Å². The maximum atomic E-state index is 11.5. The molecule has 5 nitrogen and oxygen atoms in total. The van der Waals surface area contributed by atoms with E-state index in [1.165, 1.54) is 19.3 Å². The molecule has 0 amide bonds. The van der Waals surface area contributed by atoms with Crippen molar-refractivity contribution in [3.05, 3.63) is 24.3 Å². The molecule has 0 aromatic rings. The molecule has 0 saturated carbocycles. The Morgan fingerprint density at radius 1 is 1.00 bits per heavy atom. The minimum absolute atomic E-state index is 0.0635. The van der Waals surface area contributed by atoms with E-state index in [9.17, 15) is 9.90 Å². The van der Waals surface area contributed by atoms with Crippen molar-refractivity contribution in [3.8, 4) is 0 Å². The Hall–Kier alpha value is -1.17. The Morgan fingerprint density at radius 3 is 2.45 bits per heavy atom. The second-order valence-corrected chi connectivity index (χ2v) is 7.95. The van der Waals surface area contributed by atoms with E-state index in [0.717, 1.165) is 44.9 Å². The number of esters is 1. The van der Waals surface area contributed by atoms with Gasteiger partial charge in [0.1, 0.15) is 6.61 Å². The van der Waals surface area contributed by atoms with Gasteiger partial charge in [-0.1, -0.05) is 63.3 Å². The molecule has 3 unspecified atom stereocenters. The van der Waals surface area contributed by atoms with Gasteiger partial charge in [-0.05, 0) is 51.4 Å². The minimum Gasteiger partial charge on any atom is -0.463 e. The van der Waals surface area contributed by atoms with Gasteiger partial charge in [-0.3, -0.25) is 4.79 Å². The van der Waals surface area contributed by atoms with Crippen LogP contribution in [0.5, 0.6) is 0 Å². The van der Waals surface area contributed by atoms with Crippen molar-refractivity contribution >= 4 is 5.97 Å². The summed E-state index contributed by atoms with van der Waals surface area (Å²) in [5.41, 5.74) is 0. The minimum atomic E-state index is -0.669. The third-order valence-electron chi connectivity index (χ3n) is 4.80. The van der Waals surface area contributed by atoms with E-state index < -0.39 is 12.2 Å². The first-order valence-corrected chi connectivity index (χ1v) is 11.4. The number of hydrogen-bond donors (Lipinski definition) is 3. The van der Waals surface area contributed by atoms with E-state index in [1.54, 1.807) is 6.92 Å². The Bertz CT molecular complexity index is 431. The van der Waals surface area contributed by atoms with Gasteiger partial charge in [-0.25, -0.2) is 0 Å². The van der Waals surface area contributed by atoms with Crippen LogP contribution in [0.15, 0.2) is 24.3 Å². The summed E-state index contributed by atoms with van der Waals surface area (Å²) in [6.07, 6.45) is 19.1. The van der Waals surface area contributed by atoms with Crippen molar-refractivity contribution in [1.82, 2.24) is 0 Å². The number of rotatable bonds is 19. The fourth-order valence-electron chi connectivity index (χ4n) is 3.11. The number of carbonyl (C=O) groups is 1. The highest BCUT2D eigenvalue weighted by molar-refractivity contribution is 5.69. The Labute approximate surface area is 177 Å². The smallest absolute Gasteiger partial charge is 0.305 e. The number of aliphatic hydroxyl groups excluding tert-OH is 3. The van der Waals surface area contributed by atoms with Crippen LogP contribution >= 0.6 is 0 Å². The molecule has 0 rings (SSSR count). The number of carbonyl (C=O) groups excluding carboxylic acids is 1. The normalized spacial score (nSPS) is 15.1. The molecule has 0 aromatic carbocycles. The number of unbranched alkanes of at least 4 members (excludes halogenated alkanes) is 6. The molecule has 0 aliphatic heterocycles. The van der Waals surface area contributed by atoms with Gasteiger partial charge < -0.3 is 20.1 Å². The van der Waals surface area contributed by atoms with Crippen molar-refractivity contribution in [2.24, 2.45) is 5.92 Å². The monoisotopic (exact) mass is 412 g/mol. The molecule has 0 fully saturated rings. The fraction of sp³-hybridized carbons (Fsp3) is 0.792. The molecule has 0 bridgehead atoms. The number of hydrogen-bond acceptors (Lipinski definition) is 5. The zero-order valence-corrected chi connectivity index (χ0v) is 18.6. The van der Waals surface area contributed by atoms with Gasteiger partial charge in [0.15, 0.2) is 0 Å². The SMILES string of the molecule is CCCCC/C=C\C/C=C\C(CCCCCCC(=O)OCC(C)O)CC(O)CO. The van der Waals surface area contributed by atoms with E-state index in [1.807, 2.05) is 0 Å². The van der Waals surface area contributed by atoms with Crippen LogP contribution < -0.4 is 0 Å². The maximum absolute atomic E-state index is 11.5. The number of aliphatic hydroxyl groups is 3. The van der Waals surface area contributed by atoms with E-state index in [-0.39, 0.29) is 25.1 Å². The molecule has 0 radical (unpaired) electrons. The summed E-state index contributed by atoms with van der Waals surface area (Å²) in [4.78, 5) is 11.5. The molecule has 0 aliphatic rings. The topological polar surface area (TPSA) is 87.0 Å². The van der Waals surface area contributed by atoms with E-state index in [0.29, 0.717) is 12.8 Å². The predicted molar refractivity (Wildman–Crippen MR) is 119 cm³/mol. The summed E-state index contributed by atoms with van der Waals surface area (Å²) in [5.74, 6) is 0.0159. The molecule has 0 saturated heterocycles. The molecule has 5 heteroatoms. The molecule has 0 heterocycles. The molecule has 3 atom stereocenters. The lowest BCUT2D eigenvalue weighted by atomic mass is 9.94. The van der Waals surface area contributed by atoms with Crippen LogP contribution in [-0.4, -0.2) is 46.7 Å². The quantitative estimate of drug-likeness (QED) is 0.163. The summed E-state index contributed by atoms with van der Waals surface area (Å²) in [7, 11) is 0. The predicted octanol–water partition coefficient (Wildman–Crippen LogP) is 4.69. The van der Waals surface area contributed by atoms with Crippen LogP contribution in [0.25, 0.3) is 0 Å². The third kappa shape index (κ3) is 19.9. The second kappa shape index (κ2) is 20.1. The summed E-state index contributed by atoms with van der Waals surface area (Å²) in [6, 6.07) is 0. The first kappa shape index (κ1) is 27.8. The average molecular weight is 413 g/mol. The molecular formula is C24H44O5. The maximum Gasteiger partial charge on any atom is 0.305 e. The number of allylic oxidation sites excluding steroid dienone is 4. The van der Waals surface area contributed by atoms with Crippen LogP contribution in [0.2, 0.25) is 0 Å². The van der Waals surface area contributed by atoms with Gasteiger partial charge in [0.2, 0.25) is 0 Å². The lowest BCUT2D eigenvalue weighted by molar-refractivity contribution is -0.146. The standard InChI is InChI=1S/C24H44O5/c1-3-4-5-6-7-8-9-12-15-22(18-23(27)19-25)16-13-10-11-14-17-24(28)29-20-21(2)26/h7-8,12,15,21-23,25-27H,3-6,9-11,13-14,16-20H2,1-2H3/b8-7-,15-12-. The van der Waals surface area contributed by atoms with Crippen LogP contribution in [0, 0.1) is 5.92 Å².